The fraction of sp³-hybridized carbons (Fsp3) is 0.417. The number of nitrogens with two attached hydrogens (primary N) is 1. The number of aromatic nitrogens is 4. The first-order chi connectivity index (χ1) is 9.65. The number of anilines is 1. The molecule has 1 saturated heterocycles. The predicted octanol–water partition coefficient (Wildman–Crippen LogP) is 1.38. The predicted molar refractivity (Wildman–Crippen MR) is 66.6 cm³/mol. The van der Waals surface area contributed by atoms with Crippen LogP contribution in [0, 0.1) is 11.6 Å². The third kappa shape index (κ3) is 2.34. The van der Waals surface area contributed by atoms with E-state index in [0.717, 1.165) is 18.9 Å². The second kappa shape index (κ2) is 5.12. The van der Waals surface area contributed by atoms with Crippen LogP contribution in [0.15, 0.2) is 12.1 Å². The van der Waals surface area contributed by atoms with Crippen molar-refractivity contribution in [2.45, 2.75) is 25.5 Å². The number of hydrogen-bond acceptors (Lipinski definition) is 5. The van der Waals surface area contributed by atoms with E-state index < -0.39 is 11.6 Å². The standard InChI is InChI=1S/C12H13F2N5O/c13-9-5-10(14)11(15)4-8(9)12-16-17-18-19(12)6-7-2-1-3-20-7/h4-5,7H,1-3,6,15H2. The summed E-state index contributed by atoms with van der Waals surface area (Å²) >= 11 is 0. The van der Waals surface area contributed by atoms with Gasteiger partial charge in [-0.1, -0.05) is 0 Å². The number of halogens is 2. The molecule has 1 aliphatic heterocycles. The van der Waals surface area contributed by atoms with Gasteiger partial charge >= 0.3 is 0 Å². The number of nitrogen functional groups attached to an aromatic ring is 1. The Hall–Kier alpha value is -2.09. The summed E-state index contributed by atoms with van der Waals surface area (Å²) in [6.45, 7) is 1.14. The highest BCUT2D eigenvalue weighted by atomic mass is 19.1. The van der Waals surface area contributed by atoms with E-state index in [1.54, 1.807) is 0 Å². The average Bonchev–Trinajstić information content (AvgIpc) is 3.06. The van der Waals surface area contributed by atoms with E-state index in [0.29, 0.717) is 13.2 Å². The van der Waals surface area contributed by atoms with Crippen LogP contribution >= 0.6 is 0 Å². The SMILES string of the molecule is Nc1cc(-c2nnnn2CC2CCCO2)c(F)cc1F. The minimum Gasteiger partial charge on any atom is -0.396 e. The monoisotopic (exact) mass is 281 g/mol. The molecule has 0 saturated carbocycles. The molecule has 1 aromatic carbocycles. The van der Waals surface area contributed by atoms with Gasteiger partial charge in [0.25, 0.3) is 0 Å². The lowest BCUT2D eigenvalue weighted by Gasteiger charge is -2.11. The summed E-state index contributed by atoms with van der Waals surface area (Å²) in [5, 5.41) is 11.2. The molecule has 1 aliphatic rings. The highest BCUT2D eigenvalue weighted by molar-refractivity contribution is 5.62. The summed E-state index contributed by atoms with van der Waals surface area (Å²) in [6, 6.07) is 1.93. The van der Waals surface area contributed by atoms with Crippen LogP contribution in [0.1, 0.15) is 12.8 Å². The van der Waals surface area contributed by atoms with Gasteiger partial charge in [0.1, 0.15) is 11.6 Å². The van der Waals surface area contributed by atoms with Crippen molar-refractivity contribution < 1.29 is 13.5 Å². The lowest BCUT2D eigenvalue weighted by molar-refractivity contribution is 0.0939. The van der Waals surface area contributed by atoms with E-state index in [1.165, 1.54) is 10.7 Å². The van der Waals surface area contributed by atoms with Crippen LogP contribution in [-0.2, 0) is 11.3 Å². The summed E-state index contributed by atoms with van der Waals surface area (Å²) in [5.74, 6) is -1.34. The molecule has 1 atom stereocenters. The molecule has 0 aliphatic carbocycles. The number of ether oxygens (including phenoxy) is 1. The molecule has 0 bridgehead atoms. The molecule has 6 nitrogen and oxygen atoms in total. The van der Waals surface area contributed by atoms with Crippen molar-refractivity contribution >= 4 is 5.69 Å². The first-order valence-corrected chi connectivity index (χ1v) is 6.28. The Labute approximate surface area is 113 Å². The van der Waals surface area contributed by atoms with Crippen LogP contribution in [0.2, 0.25) is 0 Å². The molecule has 0 radical (unpaired) electrons. The average molecular weight is 281 g/mol. The zero-order valence-electron chi connectivity index (χ0n) is 10.6. The van der Waals surface area contributed by atoms with Crippen molar-refractivity contribution in [3.05, 3.63) is 23.8 Å². The maximum Gasteiger partial charge on any atom is 0.185 e. The van der Waals surface area contributed by atoms with E-state index in [9.17, 15) is 8.78 Å². The smallest absolute Gasteiger partial charge is 0.185 e. The van der Waals surface area contributed by atoms with Gasteiger partial charge in [-0.2, -0.15) is 0 Å². The van der Waals surface area contributed by atoms with Gasteiger partial charge in [-0.15, -0.1) is 5.10 Å². The molecule has 1 aromatic heterocycles. The Morgan fingerprint density at radius 2 is 2.20 bits per heavy atom. The molecule has 0 spiro atoms. The zero-order chi connectivity index (χ0) is 14.1. The summed E-state index contributed by atoms with van der Waals surface area (Å²) in [6.07, 6.45) is 1.91. The molecule has 1 unspecified atom stereocenters. The molecule has 0 amide bonds. The normalized spacial score (nSPS) is 18.6. The fourth-order valence-electron chi connectivity index (χ4n) is 2.24. The second-order valence-corrected chi connectivity index (χ2v) is 4.67. The Kier molecular flexibility index (Phi) is 3.31. The van der Waals surface area contributed by atoms with Gasteiger partial charge in [0.2, 0.25) is 0 Å². The summed E-state index contributed by atoms with van der Waals surface area (Å²) in [7, 11) is 0. The van der Waals surface area contributed by atoms with Crippen LogP contribution < -0.4 is 5.73 Å². The molecule has 2 aromatic rings. The van der Waals surface area contributed by atoms with Crippen molar-refractivity contribution in [3.8, 4) is 11.4 Å². The Bertz CT molecular complexity index is 624. The Morgan fingerprint density at radius 1 is 1.35 bits per heavy atom. The maximum atomic E-state index is 13.9. The third-order valence-corrected chi connectivity index (χ3v) is 3.26. The van der Waals surface area contributed by atoms with E-state index >= 15 is 0 Å². The van der Waals surface area contributed by atoms with Crippen molar-refractivity contribution in [2.75, 3.05) is 12.3 Å². The van der Waals surface area contributed by atoms with Crippen molar-refractivity contribution in [1.82, 2.24) is 20.2 Å². The van der Waals surface area contributed by atoms with Gasteiger partial charge in [0.15, 0.2) is 5.82 Å². The quantitative estimate of drug-likeness (QED) is 0.860. The van der Waals surface area contributed by atoms with E-state index in [1.807, 2.05) is 0 Å². The van der Waals surface area contributed by atoms with Crippen LogP contribution in [0.5, 0.6) is 0 Å². The molecular weight excluding hydrogens is 268 g/mol. The van der Waals surface area contributed by atoms with Gasteiger partial charge in [-0.3, -0.25) is 0 Å². The highest BCUT2D eigenvalue weighted by Crippen LogP contribution is 2.25. The first kappa shape index (κ1) is 12.9. The third-order valence-electron chi connectivity index (χ3n) is 3.26. The Morgan fingerprint density at radius 3 is 2.95 bits per heavy atom. The van der Waals surface area contributed by atoms with Crippen LogP contribution in [-0.4, -0.2) is 32.9 Å². The molecule has 3 rings (SSSR count). The second-order valence-electron chi connectivity index (χ2n) is 4.67. The fourth-order valence-corrected chi connectivity index (χ4v) is 2.24. The number of tetrazole rings is 1. The molecule has 1 fully saturated rings. The van der Waals surface area contributed by atoms with Crippen LogP contribution in [0.25, 0.3) is 11.4 Å². The van der Waals surface area contributed by atoms with Crippen molar-refractivity contribution in [2.24, 2.45) is 0 Å². The van der Waals surface area contributed by atoms with Gasteiger partial charge in [0.05, 0.1) is 23.9 Å². The van der Waals surface area contributed by atoms with E-state index in [-0.39, 0.29) is 23.2 Å². The molecule has 20 heavy (non-hydrogen) atoms. The summed E-state index contributed by atoms with van der Waals surface area (Å²) < 4.78 is 34.0. The summed E-state index contributed by atoms with van der Waals surface area (Å²) in [4.78, 5) is 0. The van der Waals surface area contributed by atoms with E-state index in [4.69, 9.17) is 10.5 Å². The van der Waals surface area contributed by atoms with Gasteiger partial charge < -0.3 is 10.5 Å². The molecule has 2 N–H and O–H groups in total. The molecule has 2 heterocycles. The Balaban J connectivity index is 1.94. The molecule has 106 valence electrons. The number of rotatable bonds is 3. The molecule has 8 heteroatoms. The first-order valence-electron chi connectivity index (χ1n) is 6.28. The minimum absolute atomic E-state index is 0.0121. The van der Waals surface area contributed by atoms with Gasteiger partial charge in [-0.05, 0) is 29.3 Å². The lowest BCUT2D eigenvalue weighted by Crippen LogP contribution is -2.17. The zero-order valence-corrected chi connectivity index (χ0v) is 10.6. The molecular formula is C12H13F2N5O. The van der Waals surface area contributed by atoms with Crippen molar-refractivity contribution in [1.29, 1.82) is 0 Å². The van der Waals surface area contributed by atoms with E-state index in [2.05, 4.69) is 15.5 Å². The largest absolute Gasteiger partial charge is 0.396 e. The lowest BCUT2D eigenvalue weighted by atomic mass is 10.1. The van der Waals surface area contributed by atoms with Crippen molar-refractivity contribution in [3.63, 3.8) is 0 Å². The van der Waals surface area contributed by atoms with Gasteiger partial charge in [0, 0.05) is 12.7 Å². The number of benzene rings is 1. The van der Waals surface area contributed by atoms with Crippen LogP contribution in [0.4, 0.5) is 14.5 Å². The number of nitrogens with zero attached hydrogens (tertiary/aromatic N) is 4. The maximum absolute atomic E-state index is 13.9. The summed E-state index contributed by atoms with van der Waals surface area (Å²) in [5.41, 5.74) is 5.40. The minimum atomic E-state index is -0.801. The topological polar surface area (TPSA) is 78.9 Å². The highest BCUT2D eigenvalue weighted by Gasteiger charge is 2.21. The van der Waals surface area contributed by atoms with Crippen LogP contribution in [0.3, 0.4) is 0 Å². The number of hydrogen-bond donors (Lipinski definition) is 1. The van der Waals surface area contributed by atoms with Gasteiger partial charge in [-0.25, -0.2) is 13.5 Å².